The van der Waals surface area contributed by atoms with E-state index in [1.165, 1.54) is 0 Å². The monoisotopic (exact) mass is 365 g/mol. The lowest BCUT2D eigenvalue weighted by atomic mass is 10.2. The minimum atomic E-state index is -1.55. The number of nitrogens with two attached hydrogens (primary N) is 1. The standard InChI is InChI=1S/C12H17N3OS.C4H4O4/c1-15-8-9(4-2-6-13)16-11-10(12(15)17)5-3-7-14-11;5-3(6)1-2-4(7)8/h3,5,7,9H,2,4,6,8,13H2,1H3;1-2H,(H,5,6)(H,7,8)/p-2/b;2-1+. The van der Waals surface area contributed by atoms with Crippen molar-refractivity contribution in [3.05, 3.63) is 36.0 Å². The van der Waals surface area contributed by atoms with Crippen molar-refractivity contribution in [2.45, 2.75) is 18.9 Å². The fraction of sp³-hybridized carbons (Fsp3) is 0.375. The van der Waals surface area contributed by atoms with Crippen LogP contribution in [0.4, 0.5) is 0 Å². The number of pyridine rings is 1. The topological polar surface area (TPSA) is 132 Å². The van der Waals surface area contributed by atoms with Gasteiger partial charge in [-0.15, -0.1) is 0 Å². The third-order valence-corrected chi connectivity index (χ3v) is 3.72. The van der Waals surface area contributed by atoms with Crippen LogP contribution < -0.4 is 20.7 Å². The van der Waals surface area contributed by atoms with Crippen molar-refractivity contribution in [3.63, 3.8) is 0 Å². The molecule has 1 aromatic rings. The number of thiocarbonyl (C=S) groups is 1. The zero-order valence-electron chi connectivity index (χ0n) is 13.7. The molecular weight excluding hydrogens is 346 g/mol. The minimum Gasteiger partial charge on any atom is -0.545 e. The molecular formula is C16H19N3O5S-2. The van der Waals surface area contributed by atoms with Crippen molar-refractivity contribution < 1.29 is 24.5 Å². The Hall–Kier alpha value is -2.52. The molecule has 0 radical (unpaired) electrons. The highest BCUT2D eigenvalue weighted by atomic mass is 32.1. The van der Waals surface area contributed by atoms with Crippen LogP contribution >= 0.6 is 12.2 Å². The maximum atomic E-state index is 9.41. The highest BCUT2D eigenvalue weighted by molar-refractivity contribution is 7.80. The number of aromatic nitrogens is 1. The molecule has 2 heterocycles. The summed E-state index contributed by atoms with van der Waals surface area (Å²) in [5.74, 6) is -2.45. The third-order valence-electron chi connectivity index (χ3n) is 3.19. The fourth-order valence-corrected chi connectivity index (χ4v) is 2.30. The number of carboxylic acid groups (broad SMARTS) is 2. The smallest absolute Gasteiger partial charge is 0.224 e. The Bertz CT molecular complexity index is 634. The Balaban J connectivity index is 0.000000333. The second kappa shape index (κ2) is 10.4. The van der Waals surface area contributed by atoms with Crippen molar-refractivity contribution in [2.75, 3.05) is 20.1 Å². The summed E-state index contributed by atoms with van der Waals surface area (Å²) in [6.07, 6.45) is 4.49. The van der Waals surface area contributed by atoms with E-state index in [-0.39, 0.29) is 6.10 Å². The van der Waals surface area contributed by atoms with Gasteiger partial charge in [-0.2, -0.15) is 0 Å². The normalized spacial score (nSPS) is 16.3. The van der Waals surface area contributed by atoms with Crippen molar-refractivity contribution in [3.8, 4) is 5.88 Å². The summed E-state index contributed by atoms with van der Waals surface area (Å²) in [5, 5.41) is 18.8. The van der Waals surface area contributed by atoms with Gasteiger partial charge in [-0.1, -0.05) is 12.2 Å². The van der Waals surface area contributed by atoms with E-state index >= 15 is 0 Å². The molecule has 0 fully saturated rings. The van der Waals surface area contributed by atoms with Gasteiger partial charge in [-0.25, -0.2) is 4.98 Å². The van der Waals surface area contributed by atoms with Gasteiger partial charge >= 0.3 is 0 Å². The molecule has 0 bridgehead atoms. The van der Waals surface area contributed by atoms with Crippen molar-refractivity contribution in [1.29, 1.82) is 0 Å². The Morgan fingerprint density at radius 1 is 1.44 bits per heavy atom. The van der Waals surface area contributed by atoms with E-state index in [2.05, 4.69) is 4.98 Å². The Morgan fingerprint density at radius 2 is 2.08 bits per heavy atom. The number of aliphatic carboxylic acids is 2. The van der Waals surface area contributed by atoms with E-state index in [0.29, 0.717) is 24.6 Å². The largest absolute Gasteiger partial charge is 0.545 e. The van der Waals surface area contributed by atoms with Gasteiger partial charge in [0.2, 0.25) is 5.88 Å². The summed E-state index contributed by atoms with van der Waals surface area (Å²) in [4.78, 5) is 25.9. The lowest BCUT2D eigenvalue weighted by Crippen LogP contribution is -2.33. The maximum absolute atomic E-state index is 9.41. The molecule has 1 atom stereocenters. The first-order valence-corrected chi connectivity index (χ1v) is 7.93. The van der Waals surface area contributed by atoms with Crippen LogP contribution in [-0.4, -0.2) is 53.1 Å². The Labute approximate surface area is 150 Å². The molecule has 2 rings (SSSR count). The van der Waals surface area contributed by atoms with E-state index in [1.807, 2.05) is 24.1 Å². The molecule has 1 aliphatic rings. The van der Waals surface area contributed by atoms with Crippen LogP contribution in [0.15, 0.2) is 30.5 Å². The lowest BCUT2D eigenvalue weighted by Gasteiger charge is -2.21. The van der Waals surface area contributed by atoms with Crippen molar-refractivity contribution >= 4 is 29.1 Å². The van der Waals surface area contributed by atoms with Crippen molar-refractivity contribution in [2.24, 2.45) is 5.73 Å². The first kappa shape index (κ1) is 20.5. The molecule has 0 amide bonds. The van der Waals surface area contributed by atoms with Gasteiger partial charge in [0.15, 0.2) is 0 Å². The number of hydrogen-bond donors (Lipinski definition) is 1. The minimum absolute atomic E-state index is 0.109. The van der Waals surface area contributed by atoms with Crippen LogP contribution in [0.25, 0.3) is 0 Å². The first-order chi connectivity index (χ1) is 11.8. The van der Waals surface area contributed by atoms with E-state index < -0.39 is 11.9 Å². The highest BCUT2D eigenvalue weighted by Crippen LogP contribution is 2.23. The molecule has 0 spiro atoms. The van der Waals surface area contributed by atoms with Crippen LogP contribution in [-0.2, 0) is 9.59 Å². The zero-order chi connectivity index (χ0) is 18.8. The van der Waals surface area contributed by atoms with E-state index in [9.17, 15) is 19.8 Å². The van der Waals surface area contributed by atoms with Crippen LogP contribution in [0.2, 0.25) is 0 Å². The number of fused-ring (bicyclic) bond motifs is 1. The molecule has 9 heteroatoms. The molecule has 136 valence electrons. The number of carbonyl (C=O) groups excluding carboxylic acids is 2. The summed E-state index contributed by atoms with van der Waals surface area (Å²) in [7, 11) is 1.99. The summed E-state index contributed by atoms with van der Waals surface area (Å²) < 4.78 is 5.90. The summed E-state index contributed by atoms with van der Waals surface area (Å²) in [6, 6.07) is 3.83. The van der Waals surface area contributed by atoms with E-state index in [0.717, 1.165) is 29.9 Å². The average molecular weight is 365 g/mol. The maximum Gasteiger partial charge on any atom is 0.224 e. The SMILES string of the molecule is CN1CC(CCCN)Oc2ncccc2C1=S.O=C([O-])/C=C/C(=O)[O-]. The van der Waals surface area contributed by atoms with Crippen molar-refractivity contribution in [1.82, 2.24) is 9.88 Å². The summed E-state index contributed by atoms with van der Waals surface area (Å²) in [6.45, 7) is 1.47. The second-order valence-corrected chi connectivity index (χ2v) is 5.57. The number of rotatable bonds is 5. The summed E-state index contributed by atoms with van der Waals surface area (Å²) >= 11 is 5.42. The molecule has 1 unspecified atom stereocenters. The Morgan fingerprint density at radius 3 is 2.64 bits per heavy atom. The van der Waals surface area contributed by atoms with Gasteiger partial charge in [0, 0.05) is 13.2 Å². The molecule has 0 saturated heterocycles. The van der Waals surface area contributed by atoms with Gasteiger partial charge in [0.05, 0.1) is 24.0 Å². The fourth-order valence-electron chi connectivity index (χ4n) is 2.07. The predicted octanol–water partition coefficient (Wildman–Crippen LogP) is -1.77. The highest BCUT2D eigenvalue weighted by Gasteiger charge is 2.24. The van der Waals surface area contributed by atoms with Gasteiger partial charge in [0.1, 0.15) is 11.1 Å². The quantitative estimate of drug-likeness (QED) is 0.475. The number of likely N-dealkylation sites (N-methyl/N-ethyl adjacent to an activating group) is 1. The number of ether oxygens (including phenoxy) is 1. The molecule has 25 heavy (non-hydrogen) atoms. The van der Waals surface area contributed by atoms with Crippen LogP contribution in [0.3, 0.4) is 0 Å². The van der Waals surface area contributed by atoms with E-state index in [1.54, 1.807) is 6.20 Å². The average Bonchev–Trinajstić information content (AvgIpc) is 2.69. The van der Waals surface area contributed by atoms with Gasteiger partial charge in [-0.05, 0) is 43.7 Å². The molecule has 2 N–H and O–H groups in total. The van der Waals surface area contributed by atoms with Crippen LogP contribution in [0, 0.1) is 0 Å². The van der Waals surface area contributed by atoms with Crippen LogP contribution in [0.5, 0.6) is 5.88 Å². The molecule has 8 nitrogen and oxygen atoms in total. The van der Waals surface area contributed by atoms with Gasteiger partial charge < -0.3 is 35.2 Å². The predicted molar refractivity (Wildman–Crippen MR) is 90.4 cm³/mol. The Kier molecular flexibility index (Phi) is 8.51. The molecule has 1 aliphatic heterocycles. The van der Waals surface area contributed by atoms with Gasteiger partial charge in [-0.3, -0.25) is 0 Å². The molecule has 0 aliphatic carbocycles. The third kappa shape index (κ3) is 7.27. The molecule has 0 aromatic carbocycles. The first-order valence-electron chi connectivity index (χ1n) is 7.52. The lowest BCUT2D eigenvalue weighted by molar-refractivity contribution is -0.301. The van der Waals surface area contributed by atoms with Crippen LogP contribution in [0.1, 0.15) is 18.4 Å². The number of carbonyl (C=O) groups is 2. The zero-order valence-corrected chi connectivity index (χ0v) is 14.5. The van der Waals surface area contributed by atoms with Gasteiger partial charge in [0.25, 0.3) is 0 Å². The summed E-state index contributed by atoms with van der Waals surface area (Å²) in [5.41, 5.74) is 6.43. The van der Waals surface area contributed by atoms with E-state index in [4.69, 9.17) is 22.7 Å². The number of carboxylic acids is 2. The molecule has 0 saturated carbocycles. The second-order valence-electron chi connectivity index (χ2n) is 5.18. The molecule has 1 aromatic heterocycles. The number of hydrogen-bond acceptors (Lipinski definition) is 8. The number of nitrogens with zero attached hydrogens (tertiary/aromatic N) is 2.